The third-order valence-corrected chi connectivity index (χ3v) is 5.90. The Morgan fingerprint density at radius 3 is 2.46 bits per heavy atom. The Labute approximate surface area is 163 Å². The minimum Gasteiger partial charge on any atom is -0.444 e. The highest BCUT2D eigenvalue weighted by Gasteiger charge is 2.19. The Kier molecular flexibility index (Phi) is 4.52. The summed E-state index contributed by atoms with van der Waals surface area (Å²) in [7, 11) is 0.0847. The van der Waals surface area contributed by atoms with Crippen LogP contribution in [0.15, 0.2) is 82.6 Å². The molecule has 7 heteroatoms. The van der Waals surface area contributed by atoms with E-state index in [2.05, 4.69) is 9.71 Å². The summed E-state index contributed by atoms with van der Waals surface area (Å²) in [4.78, 5) is 6.10. The first-order valence-corrected chi connectivity index (χ1v) is 10.1. The van der Waals surface area contributed by atoms with E-state index in [9.17, 15) is 8.42 Å². The van der Waals surface area contributed by atoms with Crippen LogP contribution in [-0.2, 0) is 10.0 Å². The van der Waals surface area contributed by atoms with Crippen molar-refractivity contribution in [3.8, 4) is 11.3 Å². The molecule has 142 valence electrons. The molecule has 1 aromatic heterocycles. The van der Waals surface area contributed by atoms with E-state index in [1.165, 1.54) is 6.39 Å². The number of nitrogens with one attached hydrogen (secondary N) is 1. The number of fused-ring (bicyclic) bond motifs is 1. The summed E-state index contributed by atoms with van der Waals surface area (Å²) >= 11 is 0. The zero-order valence-corrected chi connectivity index (χ0v) is 16.3. The molecule has 0 amide bonds. The molecule has 0 aliphatic heterocycles. The molecule has 28 heavy (non-hydrogen) atoms. The van der Waals surface area contributed by atoms with E-state index < -0.39 is 10.0 Å². The highest BCUT2D eigenvalue weighted by Crippen LogP contribution is 2.31. The number of oxazole rings is 1. The number of hydrogen-bond donors (Lipinski definition) is 1. The average molecular weight is 393 g/mol. The van der Waals surface area contributed by atoms with Gasteiger partial charge in [0.25, 0.3) is 10.0 Å². The van der Waals surface area contributed by atoms with E-state index in [0.29, 0.717) is 16.8 Å². The zero-order chi connectivity index (χ0) is 19.7. The monoisotopic (exact) mass is 393 g/mol. The van der Waals surface area contributed by atoms with E-state index in [1.807, 2.05) is 49.3 Å². The van der Waals surface area contributed by atoms with Crippen molar-refractivity contribution in [1.29, 1.82) is 0 Å². The van der Waals surface area contributed by atoms with Gasteiger partial charge in [-0.25, -0.2) is 13.4 Å². The Bertz CT molecular complexity index is 1230. The van der Waals surface area contributed by atoms with Crippen molar-refractivity contribution in [2.45, 2.75) is 4.90 Å². The topological polar surface area (TPSA) is 75.4 Å². The van der Waals surface area contributed by atoms with Crippen LogP contribution in [0.4, 0.5) is 11.4 Å². The van der Waals surface area contributed by atoms with Gasteiger partial charge in [-0.3, -0.25) is 4.72 Å². The fourth-order valence-corrected chi connectivity index (χ4v) is 4.47. The minimum absolute atomic E-state index is 0.235. The normalized spacial score (nSPS) is 11.5. The lowest BCUT2D eigenvalue weighted by molar-refractivity contribution is 0.572. The van der Waals surface area contributed by atoms with Gasteiger partial charge in [0.2, 0.25) is 0 Å². The van der Waals surface area contributed by atoms with Gasteiger partial charge in [0.15, 0.2) is 12.2 Å². The van der Waals surface area contributed by atoms with Gasteiger partial charge < -0.3 is 9.32 Å². The van der Waals surface area contributed by atoms with Crippen molar-refractivity contribution in [3.05, 3.63) is 73.3 Å². The molecule has 0 bridgehead atoms. The van der Waals surface area contributed by atoms with Gasteiger partial charge in [-0.05, 0) is 24.3 Å². The highest BCUT2D eigenvalue weighted by atomic mass is 32.2. The quantitative estimate of drug-likeness (QED) is 0.545. The number of benzene rings is 3. The van der Waals surface area contributed by atoms with Crippen molar-refractivity contribution in [2.75, 3.05) is 23.7 Å². The molecule has 0 atom stereocenters. The van der Waals surface area contributed by atoms with E-state index >= 15 is 0 Å². The maximum atomic E-state index is 13.1. The predicted molar refractivity (Wildman–Crippen MR) is 111 cm³/mol. The van der Waals surface area contributed by atoms with Gasteiger partial charge in [-0.15, -0.1) is 0 Å². The molecule has 3 aromatic carbocycles. The van der Waals surface area contributed by atoms with Gasteiger partial charge in [-0.1, -0.05) is 36.4 Å². The molecule has 0 saturated heterocycles. The van der Waals surface area contributed by atoms with Gasteiger partial charge in [0.05, 0.1) is 11.1 Å². The van der Waals surface area contributed by atoms with Crippen LogP contribution in [-0.4, -0.2) is 27.5 Å². The second-order valence-corrected chi connectivity index (χ2v) is 8.23. The summed E-state index contributed by atoms with van der Waals surface area (Å²) in [6.45, 7) is 0. The van der Waals surface area contributed by atoms with Crippen LogP contribution in [0.1, 0.15) is 0 Å². The summed E-state index contributed by atoms with van der Waals surface area (Å²) in [5, 5.41) is 1.55. The van der Waals surface area contributed by atoms with Crippen LogP contribution in [0.2, 0.25) is 0 Å². The average Bonchev–Trinajstić information content (AvgIpc) is 3.21. The summed E-state index contributed by atoms with van der Waals surface area (Å²) in [6, 6.07) is 18.0. The molecule has 0 aliphatic carbocycles. The molecule has 4 rings (SSSR count). The largest absolute Gasteiger partial charge is 0.444 e. The van der Waals surface area contributed by atoms with Crippen molar-refractivity contribution >= 4 is 32.2 Å². The predicted octanol–water partition coefficient (Wildman–Crippen LogP) is 4.36. The zero-order valence-electron chi connectivity index (χ0n) is 15.5. The molecule has 0 radical (unpaired) electrons. The standard InChI is InChI=1S/C21H19N3O3S/c1-24(2)19-10-4-9-18-17(19)8-5-11-21(18)28(25,26)23-16-7-3-6-15(12-16)20-13-22-14-27-20/h3-14,23H,1-2H3. The Hall–Kier alpha value is -3.32. The number of rotatable bonds is 5. The van der Waals surface area contributed by atoms with Gasteiger partial charge >= 0.3 is 0 Å². The molecular formula is C21H19N3O3S. The van der Waals surface area contributed by atoms with Crippen LogP contribution in [0.25, 0.3) is 22.1 Å². The molecular weight excluding hydrogens is 374 g/mol. The third-order valence-electron chi connectivity index (χ3n) is 4.46. The summed E-state index contributed by atoms with van der Waals surface area (Å²) in [5.41, 5.74) is 2.15. The molecule has 4 aromatic rings. The summed E-state index contributed by atoms with van der Waals surface area (Å²) in [6.07, 6.45) is 2.92. The fourth-order valence-electron chi connectivity index (χ4n) is 3.19. The lowest BCUT2D eigenvalue weighted by Crippen LogP contribution is -2.14. The number of aromatic nitrogens is 1. The number of sulfonamides is 1. The Balaban J connectivity index is 1.76. The maximum absolute atomic E-state index is 13.1. The third kappa shape index (κ3) is 3.32. The molecule has 6 nitrogen and oxygen atoms in total. The maximum Gasteiger partial charge on any atom is 0.262 e. The summed E-state index contributed by atoms with van der Waals surface area (Å²) < 4.78 is 34.2. The molecule has 1 N–H and O–H groups in total. The smallest absolute Gasteiger partial charge is 0.262 e. The highest BCUT2D eigenvalue weighted by molar-refractivity contribution is 7.93. The first-order chi connectivity index (χ1) is 13.5. The number of nitrogens with zero attached hydrogens (tertiary/aromatic N) is 2. The van der Waals surface area contributed by atoms with Crippen molar-refractivity contribution in [2.24, 2.45) is 0 Å². The van der Waals surface area contributed by atoms with Gasteiger partial charge in [0.1, 0.15) is 0 Å². The van der Waals surface area contributed by atoms with Gasteiger partial charge in [-0.2, -0.15) is 0 Å². The van der Waals surface area contributed by atoms with Crippen LogP contribution in [0.5, 0.6) is 0 Å². The van der Waals surface area contributed by atoms with E-state index in [4.69, 9.17) is 4.42 Å². The Morgan fingerprint density at radius 2 is 1.71 bits per heavy atom. The van der Waals surface area contributed by atoms with Crippen molar-refractivity contribution < 1.29 is 12.8 Å². The Morgan fingerprint density at radius 1 is 0.964 bits per heavy atom. The van der Waals surface area contributed by atoms with Crippen molar-refractivity contribution in [1.82, 2.24) is 4.98 Å². The van der Waals surface area contributed by atoms with Gasteiger partial charge in [0, 0.05) is 41.8 Å². The van der Waals surface area contributed by atoms with Crippen LogP contribution in [0.3, 0.4) is 0 Å². The fraction of sp³-hybridized carbons (Fsp3) is 0.0952. The molecule has 0 aliphatic rings. The molecule has 0 unspecified atom stereocenters. The van der Waals surface area contributed by atoms with Crippen LogP contribution in [0, 0.1) is 0 Å². The lowest BCUT2D eigenvalue weighted by Gasteiger charge is -2.17. The van der Waals surface area contributed by atoms with Crippen molar-refractivity contribution in [3.63, 3.8) is 0 Å². The van der Waals surface area contributed by atoms with E-state index in [0.717, 1.165) is 16.6 Å². The second kappa shape index (κ2) is 7.01. The molecule has 0 saturated carbocycles. The molecule has 1 heterocycles. The summed E-state index contributed by atoms with van der Waals surface area (Å²) in [5.74, 6) is 0.571. The molecule has 0 spiro atoms. The number of anilines is 2. The first kappa shape index (κ1) is 18.1. The molecule has 0 fully saturated rings. The van der Waals surface area contributed by atoms with Crippen LogP contribution < -0.4 is 9.62 Å². The van der Waals surface area contributed by atoms with E-state index in [1.54, 1.807) is 36.5 Å². The SMILES string of the molecule is CN(C)c1cccc2c(S(=O)(=O)Nc3cccc(-c4cnco4)c3)cccc12. The van der Waals surface area contributed by atoms with Crippen LogP contribution >= 0.6 is 0 Å². The first-order valence-electron chi connectivity index (χ1n) is 8.66. The number of hydrogen-bond acceptors (Lipinski definition) is 5. The minimum atomic E-state index is -3.78. The second-order valence-electron chi connectivity index (χ2n) is 6.57. The lowest BCUT2D eigenvalue weighted by atomic mass is 10.1. The van der Waals surface area contributed by atoms with E-state index in [-0.39, 0.29) is 4.90 Å².